The fourth-order valence-electron chi connectivity index (χ4n) is 2.55. The Labute approximate surface area is 139 Å². The zero-order valence-electron chi connectivity index (χ0n) is 12.3. The molecule has 1 atom stereocenters. The summed E-state index contributed by atoms with van der Waals surface area (Å²) in [6, 6.07) is 15.7. The zero-order valence-corrected chi connectivity index (χ0v) is 13.1. The van der Waals surface area contributed by atoms with Gasteiger partial charge in [0, 0.05) is 29.4 Å². The van der Waals surface area contributed by atoms with Gasteiger partial charge in [-0.2, -0.15) is 0 Å². The number of para-hydroxylation sites is 1. The molecule has 2 N–H and O–H groups in total. The lowest BCUT2D eigenvalue weighted by Gasteiger charge is -2.17. The summed E-state index contributed by atoms with van der Waals surface area (Å²) < 4.78 is 0. The summed E-state index contributed by atoms with van der Waals surface area (Å²) in [5, 5.41) is 6.20. The highest BCUT2D eigenvalue weighted by Gasteiger charge is 2.31. The first kappa shape index (κ1) is 15.4. The standard InChI is InChI=1S/C17H16ClN3O2/c18-12-6-8-15(9-7-12)21-11-14(10-16(21)22)20-17(23)19-13-4-2-1-3-5-13/h1-9,14H,10-11H2,(H2,19,20,23)/t14-/m1/s1. The van der Waals surface area contributed by atoms with Gasteiger partial charge in [-0.05, 0) is 36.4 Å². The Balaban J connectivity index is 1.59. The highest BCUT2D eigenvalue weighted by atomic mass is 35.5. The van der Waals surface area contributed by atoms with E-state index in [2.05, 4.69) is 10.6 Å². The monoisotopic (exact) mass is 329 g/mol. The van der Waals surface area contributed by atoms with Gasteiger partial charge in [0.1, 0.15) is 0 Å². The van der Waals surface area contributed by atoms with Crippen molar-refractivity contribution in [2.75, 3.05) is 16.8 Å². The molecule has 2 aromatic carbocycles. The Morgan fingerprint density at radius 3 is 2.48 bits per heavy atom. The fourth-order valence-corrected chi connectivity index (χ4v) is 2.67. The van der Waals surface area contributed by atoms with Gasteiger partial charge in [0.05, 0.1) is 6.04 Å². The normalized spacial score (nSPS) is 17.2. The summed E-state index contributed by atoms with van der Waals surface area (Å²) >= 11 is 5.86. The van der Waals surface area contributed by atoms with Gasteiger partial charge < -0.3 is 15.5 Å². The number of hydrogen-bond donors (Lipinski definition) is 2. The summed E-state index contributed by atoms with van der Waals surface area (Å²) in [6.07, 6.45) is 0.283. The van der Waals surface area contributed by atoms with Gasteiger partial charge in [-0.15, -0.1) is 0 Å². The molecule has 0 saturated carbocycles. The van der Waals surface area contributed by atoms with E-state index in [9.17, 15) is 9.59 Å². The van der Waals surface area contributed by atoms with Crippen molar-refractivity contribution in [3.05, 3.63) is 59.6 Å². The van der Waals surface area contributed by atoms with Gasteiger partial charge in [0.25, 0.3) is 0 Å². The Kier molecular flexibility index (Phi) is 4.48. The van der Waals surface area contributed by atoms with E-state index in [4.69, 9.17) is 11.6 Å². The van der Waals surface area contributed by atoms with E-state index in [-0.39, 0.29) is 24.4 Å². The summed E-state index contributed by atoms with van der Waals surface area (Å²) in [5.41, 5.74) is 1.50. The molecule has 1 heterocycles. The number of amides is 3. The van der Waals surface area contributed by atoms with Crippen LogP contribution in [0.15, 0.2) is 54.6 Å². The molecule has 1 saturated heterocycles. The molecule has 6 heteroatoms. The summed E-state index contributed by atoms with van der Waals surface area (Å²) in [7, 11) is 0. The molecule has 0 aliphatic carbocycles. The molecule has 118 valence electrons. The van der Waals surface area contributed by atoms with Gasteiger partial charge in [-0.1, -0.05) is 29.8 Å². The van der Waals surface area contributed by atoms with Crippen LogP contribution in [0.3, 0.4) is 0 Å². The lowest BCUT2D eigenvalue weighted by molar-refractivity contribution is -0.117. The van der Waals surface area contributed by atoms with Crippen LogP contribution in [0.2, 0.25) is 5.02 Å². The van der Waals surface area contributed by atoms with Crippen molar-refractivity contribution < 1.29 is 9.59 Å². The highest BCUT2D eigenvalue weighted by molar-refractivity contribution is 6.30. The van der Waals surface area contributed by atoms with E-state index >= 15 is 0 Å². The molecule has 0 bridgehead atoms. The number of hydrogen-bond acceptors (Lipinski definition) is 2. The highest BCUT2D eigenvalue weighted by Crippen LogP contribution is 2.23. The van der Waals surface area contributed by atoms with Crippen LogP contribution in [-0.2, 0) is 4.79 Å². The Bertz CT molecular complexity index is 704. The summed E-state index contributed by atoms with van der Waals surface area (Å²) in [5.74, 6) is -0.0164. The van der Waals surface area contributed by atoms with Crippen molar-refractivity contribution in [2.24, 2.45) is 0 Å². The molecule has 5 nitrogen and oxygen atoms in total. The minimum absolute atomic E-state index is 0.0164. The van der Waals surface area contributed by atoms with Crippen LogP contribution in [0.25, 0.3) is 0 Å². The van der Waals surface area contributed by atoms with Crippen molar-refractivity contribution in [3.8, 4) is 0 Å². The first-order valence-electron chi connectivity index (χ1n) is 7.30. The van der Waals surface area contributed by atoms with Crippen molar-refractivity contribution in [1.82, 2.24) is 5.32 Å². The molecule has 1 aliphatic heterocycles. The second-order valence-corrected chi connectivity index (χ2v) is 5.78. The minimum Gasteiger partial charge on any atom is -0.333 e. The maximum Gasteiger partial charge on any atom is 0.319 e. The Morgan fingerprint density at radius 2 is 1.78 bits per heavy atom. The lowest BCUT2D eigenvalue weighted by atomic mass is 10.2. The van der Waals surface area contributed by atoms with Crippen molar-refractivity contribution in [1.29, 1.82) is 0 Å². The summed E-state index contributed by atoms with van der Waals surface area (Å²) in [4.78, 5) is 25.8. The van der Waals surface area contributed by atoms with Gasteiger partial charge >= 0.3 is 6.03 Å². The number of rotatable bonds is 3. The largest absolute Gasteiger partial charge is 0.333 e. The molecule has 0 aromatic heterocycles. The average Bonchev–Trinajstić information content (AvgIpc) is 2.89. The van der Waals surface area contributed by atoms with E-state index in [1.807, 2.05) is 18.2 Å². The van der Waals surface area contributed by atoms with E-state index < -0.39 is 0 Å². The maximum absolute atomic E-state index is 12.1. The maximum atomic E-state index is 12.1. The van der Waals surface area contributed by atoms with Crippen molar-refractivity contribution in [3.63, 3.8) is 0 Å². The van der Waals surface area contributed by atoms with Crippen LogP contribution in [0.5, 0.6) is 0 Å². The summed E-state index contributed by atoms with van der Waals surface area (Å²) in [6.45, 7) is 0.447. The number of nitrogens with zero attached hydrogens (tertiary/aromatic N) is 1. The molecule has 0 spiro atoms. The smallest absolute Gasteiger partial charge is 0.319 e. The first-order chi connectivity index (χ1) is 11.1. The Hall–Kier alpha value is -2.53. The van der Waals surface area contributed by atoms with Crippen molar-refractivity contribution in [2.45, 2.75) is 12.5 Å². The topological polar surface area (TPSA) is 61.4 Å². The van der Waals surface area contributed by atoms with E-state index in [1.165, 1.54) is 0 Å². The molecule has 1 aliphatic rings. The minimum atomic E-state index is -0.313. The third-order valence-electron chi connectivity index (χ3n) is 3.63. The van der Waals surface area contributed by atoms with Crippen LogP contribution in [0, 0.1) is 0 Å². The molecule has 2 aromatic rings. The third kappa shape index (κ3) is 3.81. The quantitative estimate of drug-likeness (QED) is 0.908. The number of anilines is 2. The molecule has 3 rings (SSSR count). The zero-order chi connectivity index (χ0) is 16.2. The van der Waals surface area contributed by atoms with Crippen LogP contribution in [0.4, 0.5) is 16.2 Å². The molecular weight excluding hydrogens is 314 g/mol. The fraction of sp³-hybridized carbons (Fsp3) is 0.176. The molecular formula is C17H16ClN3O2. The van der Waals surface area contributed by atoms with Crippen LogP contribution in [0.1, 0.15) is 6.42 Å². The molecule has 3 amide bonds. The van der Waals surface area contributed by atoms with Crippen molar-refractivity contribution >= 4 is 34.9 Å². The number of carbonyl (C=O) groups is 2. The number of nitrogens with one attached hydrogen (secondary N) is 2. The van der Waals surface area contributed by atoms with Gasteiger partial charge in [0.15, 0.2) is 0 Å². The van der Waals surface area contributed by atoms with E-state index in [1.54, 1.807) is 41.3 Å². The second-order valence-electron chi connectivity index (χ2n) is 5.35. The van der Waals surface area contributed by atoms with Crippen LogP contribution < -0.4 is 15.5 Å². The van der Waals surface area contributed by atoms with Gasteiger partial charge in [0.2, 0.25) is 5.91 Å². The van der Waals surface area contributed by atoms with E-state index in [0.29, 0.717) is 17.3 Å². The third-order valence-corrected chi connectivity index (χ3v) is 3.88. The van der Waals surface area contributed by atoms with E-state index in [0.717, 1.165) is 5.69 Å². The number of urea groups is 1. The number of halogens is 1. The van der Waals surface area contributed by atoms with Crippen LogP contribution in [-0.4, -0.2) is 24.5 Å². The average molecular weight is 330 g/mol. The molecule has 0 unspecified atom stereocenters. The SMILES string of the molecule is O=C(Nc1ccccc1)N[C@@H]1CC(=O)N(c2ccc(Cl)cc2)C1. The van der Waals surface area contributed by atoms with Gasteiger partial charge in [-0.25, -0.2) is 4.79 Å². The van der Waals surface area contributed by atoms with Crippen LogP contribution >= 0.6 is 11.6 Å². The molecule has 0 radical (unpaired) electrons. The Morgan fingerprint density at radius 1 is 1.09 bits per heavy atom. The predicted octanol–water partition coefficient (Wildman–Crippen LogP) is 3.27. The number of benzene rings is 2. The number of carbonyl (C=O) groups excluding carboxylic acids is 2. The first-order valence-corrected chi connectivity index (χ1v) is 7.68. The lowest BCUT2D eigenvalue weighted by Crippen LogP contribution is -2.39. The van der Waals surface area contributed by atoms with Gasteiger partial charge in [-0.3, -0.25) is 4.79 Å². The molecule has 1 fully saturated rings. The predicted molar refractivity (Wildman–Crippen MR) is 90.8 cm³/mol. The second kappa shape index (κ2) is 6.71. The molecule has 23 heavy (non-hydrogen) atoms.